The molecule has 0 saturated heterocycles. The van der Waals surface area contributed by atoms with E-state index in [4.69, 9.17) is 14.9 Å². The number of ether oxygens (including phenoxy) is 2. The standard InChI is InChI=1S/C16H21N3O2/c1-5-19(6-2)16(18)15(14(11-17)21-4)12-7-9-13(20-3)10-8-12/h7-10,18H,5-6H2,1-4H3/b15-14-,18-16?. The van der Waals surface area contributed by atoms with Crippen molar-refractivity contribution >= 4 is 11.4 Å². The quantitative estimate of drug-likeness (QED) is 0.378. The number of nitrogens with zero attached hydrogens (tertiary/aromatic N) is 2. The molecule has 0 unspecified atom stereocenters. The van der Waals surface area contributed by atoms with Crippen LogP contribution < -0.4 is 4.74 Å². The molecule has 0 fully saturated rings. The van der Waals surface area contributed by atoms with Crippen molar-refractivity contribution in [2.45, 2.75) is 13.8 Å². The average Bonchev–Trinajstić information content (AvgIpc) is 2.53. The number of hydrogen-bond donors (Lipinski definition) is 1. The number of likely N-dealkylation sites (N-methyl/N-ethyl adjacent to an activating group) is 1. The van der Waals surface area contributed by atoms with Crippen LogP contribution in [-0.4, -0.2) is 38.0 Å². The number of benzene rings is 1. The van der Waals surface area contributed by atoms with Gasteiger partial charge in [-0.3, -0.25) is 5.41 Å². The molecule has 0 aromatic heterocycles. The highest BCUT2D eigenvalue weighted by Crippen LogP contribution is 2.24. The van der Waals surface area contributed by atoms with E-state index in [0.717, 1.165) is 11.3 Å². The van der Waals surface area contributed by atoms with Crippen molar-refractivity contribution in [3.8, 4) is 11.8 Å². The van der Waals surface area contributed by atoms with Gasteiger partial charge in [-0.2, -0.15) is 5.26 Å². The van der Waals surface area contributed by atoms with Gasteiger partial charge in [0.05, 0.1) is 19.8 Å². The van der Waals surface area contributed by atoms with Crippen LogP contribution in [0.4, 0.5) is 0 Å². The highest BCUT2D eigenvalue weighted by Gasteiger charge is 2.19. The summed E-state index contributed by atoms with van der Waals surface area (Å²) in [6.45, 7) is 5.33. The van der Waals surface area contributed by atoms with Gasteiger partial charge in [-0.15, -0.1) is 0 Å². The highest BCUT2D eigenvalue weighted by molar-refractivity contribution is 6.22. The Labute approximate surface area is 125 Å². The van der Waals surface area contributed by atoms with Crippen LogP contribution in [0.1, 0.15) is 19.4 Å². The van der Waals surface area contributed by atoms with Gasteiger partial charge in [-0.1, -0.05) is 12.1 Å². The van der Waals surface area contributed by atoms with Gasteiger partial charge in [0.2, 0.25) is 5.76 Å². The van der Waals surface area contributed by atoms with E-state index in [1.807, 2.05) is 36.9 Å². The highest BCUT2D eigenvalue weighted by atomic mass is 16.5. The van der Waals surface area contributed by atoms with Crippen LogP contribution in [0.2, 0.25) is 0 Å². The van der Waals surface area contributed by atoms with Gasteiger partial charge in [0.15, 0.2) is 0 Å². The molecule has 0 bridgehead atoms. The first-order valence-electron chi connectivity index (χ1n) is 6.79. The number of amidine groups is 1. The number of allylic oxidation sites excluding steroid dienone is 1. The van der Waals surface area contributed by atoms with Crippen LogP contribution in [0.15, 0.2) is 30.0 Å². The maximum absolute atomic E-state index is 9.26. The second-order valence-electron chi connectivity index (χ2n) is 4.27. The maximum atomic E-state index is 9.26. The fourth-order valence-corrected chi connectivity index (χ4v) is 2.03. The summed E-state index contributed by atoms with van der Waals surface area (Å²) < 4.78 is 10.3. The van der Waals surface area contributed by atoms with Crippen LogP contribution in [0.3, 0.4) is 0 Å². The molecule has 0 amide bonds. The van der Waals surface area contributed by atoms with Crippen molar-refractivity contribution in [2.24, 2.45) is 0 Å². The molecule has 1 aromatic rings. The summed E-state index contributed by atoms with van der Waals surface area (Å²) in [7, 11) is 3.04. The van der Waals surface area contributed by atoms with E-state index in [1.54, 1.807) is 19.2 Å². The first-order valence-corrected chi connectivity index (χ1v) is 6.79. The monoisotopic (exact) mass is 287 g/mol. The molecule has 1 N–H and O–H groups in total. The molecule has 5 nitrogen and oxygen atoms in total. The van der Waals surface area contributed by atoms with Crippen molar-refractivity contribution in [3.05, 3.63) is 35.6 Å². The second kappa shape index (κ2) is 7.95. The van der Waals surface area contributed by atoms with Crippen LogP contribution >= 0.6 is 0 Å². The molecule has 0 spiro atoms. The summed E-state index contributed by atoms with van der Waals surface area (Å²) in [5.74, 6) is 1.14. The van der Waals surface area contributed by atoms with Gasteiger partial charge in [-0.05, 0) is 31.5 Å². The Morgan fingerprint density at radius 2 is 1.76 bits per heavy atom. The molecular weight excluding hydrogens is 266 g/mol. The normalized spacial score (nSPS) is 11.2. The summed E-state index contributed by atoms with van der Waals surface area (Å²) in [6.07, 6.45) is 0. The summed E-state index contributed by atoms with van der Waals surface area (Å²) in [5.41, 5.74) is 1.25. The first-order chi connectivity index (χ1) is 10.1. The fourth-order valence-electron chi connectivity index (χ4n) is 2.03. The molecule has 0 radical (unpaired) electrons. The van der Waals surface area contributed by atoms with Gasteiger partial charge >= 0.3 is 0 Å². The summed E-state index contributed by atoms with van der Waals surface area (Å²) in [4.78, 5) is 1.87. The topological polar surface area (TPSA) is 69.3 Å². The predicted molar refractivity (Wildman–Crippen MR) is 83.2 cm³/mol. The molecule has 112 valence electrons. The Hall–Kier alpha value is -2.48. The lowest BCUT2D eigenvalue weighted by Crippen LogP contribution is -2.31. The number of nitrogens with one attached hydrogen (secondary N) is 1. The molecule has 5 heteroatoms. The molecule has 0 heterocycles. The average molecular weight is 287 g/mol. The van der Waals surface area contributed by atoms with E-state index in [1.165, 1.54) is 7.11 Å². The lowest BCUT2D eigenvalue weighted by molar-refractivity contribution is 0.312. The number of nitriles is 1. The lowest BCUT2D eigenvalue weighted by atomic mass is 10.0. The Morgan fingerprint density at radius 1 is 1.19 bits per heavy atom. The Bertz CT molecular complexity index is 552. The SMILES string of the molecule is CCN(CC)C(=N)/C(=C(/C#N)OC)c1ccc(OC)cc1. The van der Waals surface area contributed by atoms with Gasteiger partial charge in [-0.25, -0.2) is 0 Å². The lowest BCUT2D eigenvalue weighted by Gasteiger charge is -2.24. The van der Waals surface area contributed by atoms with E-state index >= 15 is 0 Å². The smallest absolute Gasteiger partial charge is 0.208 e. The fraction of sp³-hybridized carbons (Fsp3) is 0.375. The predicted octanol–water partition coefficient (Wildman–Crippen LogP) is 2.90. The Kier molecular flexibility index (Phi) is 6.28. The van der Waals surface area contributed by atoms with Crippen LogP contribution in [0.5, 0.6) is 5.75 Å². The van der Waals surface area contributed by atoms with Gasteiger partial charge in [0.1, 0.15) is 17.7 Å². The molecule has 0 aliphatic heterocycles. The molecule has 1 aromatic carbocycles. The first kappa shape index (κ1) is 16.6. The van der Waals surface area contributed by atoms with Crippen LogP contribution in [0.25, 0.3) is 5.57 Å². The Morgan fingerprint density at radius 3 is 2.14 bits per heavy atom. The largest absolute Gasteiger partial charge is 0.497 e. The molecule has 1 rings (SSSR count). The van der Waals surface area contributed by atoms with Crippen molar-refractivity contribution in [1.29, 1.82) is 10.7 Å². The third-order valence-electron chi connectivity index (χ3n) is 3.23. The van der Waals surface area contributed by atoms with Crippen LogP contribution in [-0.2, 0) is 4.74 Å². The molecule has 21 heavy (non-hydrogen) atoms. The second-order valence-corrected chi connectivity index (χ2v) is 4.27. The third-order valence-corrected chi connectivity index (χ3v) is 3.23. The zero-order chi connectivity index (χ0) is 15.8. The van der Waals surface area contributed by atoms with Gasteiger partial charge in [0, 0.05) is 13.1 Å². The maximum Gasteiger partial charge on any atom is 0.208 e. The minimum absolute atomic E-state index is 0.136. The zero-order valence-corrected chi connectivity index (χ0v) is 12.9. The number of hydrogen-bond acceptors (Lipinski definition) is 4. The van der Waals surface area contributed by atoms with E-state index in [0.29, 0.717) is 18.7 Å². The number of rotatable bonds is 6. The van der Waals surface area contributed by atoms with Gasteiger partial charge < -0.3 is 14.4 Å². The van der Waals surface area contributed by atoms with Crippen LogP contribution in [0, 0.1) is 16.7 Å². The van der Waals surface area contributed by atoms with Crippen molar-refractivity contribution < 1.29 is 9.47 Å². The summed E-state index contributed by atoms with van der Waals surface area (Å²) >= 11 is 0. The molecule has 0 aliphatic carbocycles. The molecule has 0 saturated carbocycles. The van der Waals surface area contributed by atoms with E-state index in [-0.39, 0.29) is 11.6 Å². The summed E-state index contributed by atoms with van der Waals surface area (Å²) in [5, 5.41) is 17.6. The van der Waals surface area contributed by atoms with E-state index in [2.05, 4.69) is 0 Å². The van der Waals surface area contributed by atoms with Crippen molar-refractivity contribution in [2.75, 3.05) is 27.3 Å². The van der Waals surface area contributed by atoms with Gasteiger partial charge in [0.25, 0.3) is 0 Å². The van der Waals surface area contributed by atoms with E-state index < -0.39 is 0 Å². The Balaban J connectivity index is 3.36. The minimum atomic E-state index is 0.136. The molecule has 0 aliphatic rings. The molecular formula is C16H21N3O2. The van der Waals surface area contributed by atoms with Crippen molar-refractivity contribution in [3.63, 3.8) is 0 Å². The number of methoxy groups -OCH3 is 2. The summed E-state index contributed by atoms with van der Waals surface area (Å²) in [6, 6.07) is 9.27. The van der Waals surface area contributed by atoms with E-state index in [9.17, 15) is 5.26 Å². The molecule has 0 atom stereocenters. The zero-order valence-electron chi connectivity index (χ0n) is 12.9. The van der Waals surface area contributed by atoms with Crippen molar-refractivity contribution in [1.82, 2.24) is 4.90 Å². The third kappa shape index (κ3) is 3.76. The minimum Gasteiger partial charge on any atom is -0.497 e.